The quantitative estimate of drug-likeness (QED) is 0.663. The molecule has 0 aliphatic rings. The first kappa shape index (κ1) is 8.87. The van der Waals surface area contributed by atoms with Gasteiger partial charge in [-0.15, -0.1) is 0 Å². The molecule has 1 rings (SSSR count). The second-order valence-corrected chi connectivity index (χ2v) is 2.54. The molecule has 2 nitrogen and oxygen atoms in total. The molecule has 1 aromatic carbocycles. The summed E-state index contributed by atoms with van der Waals surface area (Å²) in [7, 11) is 0. The Labute approximate surface area is 73.0 Å². The summed E-state index contributed by atoms with van der Waals surface area (Å²) < 4.78 is 12.8. The fourth-order valence-electron chi connectivity index (χ4n) is 0.785. The largest absolute Gasteiger partial charge is 0.298 e. The van der Waals surface area contributed by atoms with Gasteiger partial charge >= 0.3 is 0 Å². The van der Waals surface area contributed by atoms with Crippen LogP contribution >= 0.6 is 11.6 Å². The van der Waals surface area contributed by atoms with Crippen molar-refractivity contribution in [3.8, 4) is 0 Å². The minimum Gasteiger partial charge on any atom is -0.298 e. The van der Waals surface area contributed by atoms with Gasteiger partial charge in [0.2, 0.25) is 0 Å². The second kappa shape index (κ2) is 3.45. The number of benzene rings is 1. The molecule has 0 fully saturated rings. The maximum Gasteiger partial charge on any atom is 0.154 e. The van der Waals surface area contributed by atoms with Crippen molar-refractivity contribution >= 4 is 24.2 Å². The van der Waals surface area contributed by atoms with E-state index in [9.17, 15) is 14.0 Å². The lowest BCUT2D eigenvalue weighted by atomic mass is 10.1. The van der Waals surface area contributed by atoms with Gasteiger partial charge in [0.25, 0.3) is 0 Å². The molecular weight excluding hydrogens is 183 g/mol. The number of hydrogen-bond donors (Lipinski definition) is 0. The summed E-state index contributed by atoms with van der Waals surface area (Å²) in [6, 6.07) is 2.20. The summed E-state index contributed by atoms with van der Waals surface area (Å²) in [5, 5.41) is -0.0490. The zero-order valence-electron chi connectivity index (χ0n) is 5.88. The van der Waals surface area contributed by atoms with E-state index in [4.69, 9.17) is 11.6 Å². The van der Waals surface area contributed by atoms with Gasteiger partial charge in [-0.3, -0.25) is 9.59 Å². The molecule has 12 heavy (non-hydrogen) atoms. The van der Waals surface area contributed by atoms with Crippen LogP contribution in [0, 0.1) is 5.82 Å². The van der Waals surface area contributed by atoms with E-state index in [1.54, 1.807) is 0 Å². The SMILES string of the molecule is O=Cc1cc(F)c(C=O)c(Cl)c1. The van der Waals surface area contributed by atoms with Crippen molar-refractivity contribution < 1.29 is 14.0 Å². The van der Waals surface area contributed by atoms with Crippen LogP contribution in [0.5, 0.6) is 0 Å². The third-order valence-electron chi connectivity index (χ3n) is 1.36. The standard InChI is InChI=1S/C8H4ClFO2/c9-7-1-5(3-11)2-8(10)6(7)4-12/h1-4H. The van der Waals surface area contributed by atoms with E-state index >= 15 is 0 Å². The van der Waals surface area contributed by atoms with E-state index in [-0.39, 0.29) is 16.1 Å². The Bertz CT molecular complexity index is 313. The number of carbonyl (C=O) groups is 2. The average molecular weight is 187 g/mol. The molecule has 62 valence electrons. The molecule has 0 saturated heterocycles. The van der Waals surface area contributed by atoms with E-state index in [2.05, 4.69) is 0 Å². The van der Waals surface area contributed by atoms with Crippen LogP contribution in [0.2, 0.25) is 5.02 Å². The fourth-order valence-corrected chi connectivity index (χ4v) is 1.05. The predicted octanol–water partition coefficient (Wildman–Crippen LogP) is 2.10. The van der Waals surface area contributed by atoms with Crippen molar-refractivity contribution in [2.75, 3.05) is 0 Å². The van der Waals surface area contributed by atoms with Gasteiger partial charge < -0.3 is 0 Å². The van der Waals surface area contributed by atoms with Gasteiger partial charge in [0.1, 0.15) is 12.1 Å². The van der Waals surface area contributed by atoms with Gasteiger partial charge in [0.05, 0.1) is 10.6 Å². The Balaban J connectivity index is 3.36. The highest BCUT2D eigenvalue weighted by Crippen LogP contribution is 2.18. The van der Waals surface area contributed by atoms with Crippen molar-refractivity contribution in [3.05, 3.63) is 34.1 Å². The highest BCUT2D eigenvalue weighted by Gasteiger charge is 2.07. The van der Waals surface area contributed by atoms with E-state index in [0.717, 1.165) is 6.07 Å². The lowest BCUT2D eigenvalue weighted by molar-refractivity contribution is 0.111. The molecule has 0 bridgehead atoms. The maximum atomic E-state index is 12.8. The molecule has 0 radical (unpaired) electrons. The summed E-state index contributed by atoms with van der Waals surface area (Å²) in [6.45, 7) is 0. The lowest BCUT2D eigenvalue weighted by Crippen LogP contribution is -1.92. The number of rotatable bonds is 2. The molecule has 0 amide bonds. The summed E-state index contributed by atoms with van der Waals surface area (Å²) in [5.41, 5.74) is -0.106. The molecule has 0 spiro atoms. The second-order valence-electron chi connectivity index (χ2n) is 2.13. The average Bonchev–Trinajstić information content (AvgIpc) is 2.03. The van der Waals surface area contributed by atoms with Crippen molar-refractivity contribution in [2.24, 2.45) is 0 Å². The van der Waals surface area contributed by atoms with Crippen molar-refractivity contribution in [3.63, 3.8) is 0 Å². The van der Waals surface area contributed by atoms with Gasteiger partial charge in [-0.2, -0.15) is 0 Å². The maximum absolute atomic E-state index is 12.8. The number of aldehydes is 2. The smallest absolute Gasteiger partial charge is 0.154 e. The Kier molecular flexibility index (Phi) is 2.55. The lowest BCUT2D eigenvalue weighted by Gasteiger charge is -1.98. The van der Waals surface area contributed by atoms with Crippen LogP contribution in [0.1, 0.15) is 20.7 Å². The first-order chi connectivity index (χ1) is 5.69. The van der Waals surface area contributed by atoms with E-state index in [0.29, 0.717) is 12.6 Å². The minimum absolute atomic E-state index is 0.0490. The normalized spacial score (nSPS) is 9.50. The molecule has 4 heteroatoms. The van der Waals surface area contributed by atoms with E-state index in [1.165, 1.54) is 6.07 Å². The first-order valence-corrected chi connectivity index (χ1v) is 3.46. The summed E-state index contributed by atoms with van der Waals surface area (Å²) in [4.78, 5) is 20.4. The fraction of sp³-hybridized carbons (Fsp3) is 0. The Hall–Kier alpha value is -1.22. The van der Waals surface area contributed by atoms with Gasteiger partial charge in [-0.25, -0.2) is 4.39 Å². The molecule has 0 aliphatic heterocycles. The molecular formula is C8H4ClFO2. The van der Waals surface area contributed by atoms with Gasteiger partial charge in [-0.05, 0) is 12.1 Å². The van der Waals surface area contributed by atoms with Gasteiger partial charge in [0.15, 0.2) is 6.29 Å². The van der Waals surface area contributed by atoms with E-state index < -0.39 is 5.82 Å². The predicted molar refractivity (Wildman–Crippen MR) is 42.2 cm³/mol. The van der Waals surface area contributed by atoms with Crippen molar-refractivity contribution in [2.45, 2.75) is 0 Å². The topological polar surface area (TPSA) is 34.1 Å². The highest BCUT2D eigenvalue weighted by molar-refractivity contribution is 6.33. The first-order valence-electron chi connectivity index (χ1n) is 3.08. The molecule has 0 aromatic heterocycles. The third-order valence-corrected chi connectivity index (χ3v) is 1.67. The third kappa shape index (κ3) is 1.51. The van der Waals surface area contributed by atoms with Crippen LogP contribution in [0.25, 0.3) is 0 Å². The van der Waals surface area contributed by atoms with Crippen LogP contribution in [-0.2, 0) is 0 Å². The molecule has 0 saturated carbocycles. The van der Waals surface area contributed by atoms with Crippen LogP contribution in [0.3, 0.4) is 0 Å². The number of halogens is 2. The Morgan fingerprint density at radius 2 is 1.92 bits per heavy atom. The Morgan fingerprint density at radius 1 is 1.25 bits per heavy atom. The zero-order valence-corrected chi connectivity index (χ0v) is 6.64. The summed E-state index contributed by atoms with van der Waals surface area (Å²) in [6.07, 6.45) is 0.774. The molecule has 0 aliphatic carbocycles. The van der Waals surface area contributed by atoms with Crippen LogP contribution in [0.4, 0.5) is 4.39 Å². The summed E-state index contributed by atoms with van der Waals surface area (Å²) in [5.74, 6) is -0.778. The molecule has 0 N–H and O–H groups in total. The Morgan fingerprint density at radius 3 is 2.33 bits per heavy atom. The monoisotopic (exact) mass is 186 g/mol. The van der Waals surface area contributed by atoms with Gasteiger partial charge in [-0.1, -0.05) is 11.6 Å². The van der Waals surface area contributed by atoms with Crippen LogP contribution in [-0.4, -0.2) is 12.6 Å². The highest BCUT2D eigenvalue weighted by atomic mass is 35.5. The number of hydrogen-bond acceptors (Lipinski definition) is 2. The van der Waals surface area contributed by atoms with Gasteiger partial charge in [0, 0.05) is 5.56 Å². The van der Waals surface area contributed by atoms with Crippen LogP contribution < -0.4 is 0 Å². The number of carbonyl (C=O) groups excluding carboxylic acids is 2. The molecule has 0 heterocycles. The molecule has 0 unspecified atom stereocenters. The summed E-state index contributed by atoms with van der Waals surface area (Å²) >= 11 is 5.48. The minimum atomic E-state index is -0.778. The van der Waals surface area contributed by atoms with E-state index in [1.807, 2.05) is 0 Å². The van der Waals surface area contributed by atoms with Crippen molar-refractivity contribution in [1.82, 2.24) is 0 Å². The van der Waals surface area contributed by atoms with Crippen LogP contribution in [0.15, 0.2) is 12.1 Å². The van der Waals surface area contributed by atoms with Crippen molar-refractivity contribution in [1.29, 1.82) is 0 Å². The molecule has 1 aromatic rings. The zero-order chi connectivity index (χ0) is 9.14. The molecule has 0 atom stereocenters.